The lowest BCUT2D eigenvalue weighted by molar-refractivity contribution is -0.155. The summed E-state index contributed by atoms with van der Waals surface area (Å²) in [5.41, 5.74) is 0.681. The quantitative estimate of drug-likeness (QED) is 0.813. The maximum absolute atomic E-state index is 11.6. The molecule has 0 aliphatic carbocycles. The fraction of sp³-hybridized carbons (Fsp3) is 0.500. The summed E-state index contributed by atoms with van der Waals surface area (Å²) in [6, 6.07) is 9.95. The lowest BCUT2D eigenvalue weighted by atomic mass is 10.1. The molecule has 1 rings (SSSR count). The Labute approximate surface area is 120 Å². The van der Waals surface area contributed by atoms with Gasteiger partial charge in [-0.15, -0.1) is 0 Å². The minimum absolute atomic E-state index is 0.119. The average molecular weight is 277 g/mol. The highest BCUT2D eigenvalue weighted by atomic mass is 16.6. The normalized spacial score (nSPS) is 10.9. The molecule has 20 heavy (non-hydrogen) atoms. The van der Waals surface area contributed by atoms with E-state index in [1.165, 1.54) is 5.56 Å². The third-order valence-electron chi connectivity index (χ3n) is 2.55. The summed E-state index contributed by atoms with van der Waals surface area (Å²) in [5, 5.41) is 2.80. The third kappa shape index (κ3) is 7.56. The van der Waals surface area contributed by atoms with Crippen molar-refractivity contribution in [1.82, 2.24) is 5.32 Å². The van der Waals surface area contributed by atoms with Gasteiger partial charge >= 0.3 is 5.97 Å². The zero-order valence-electron chi connectivity index (χ0n) is 12.4. The number of amides is 1. The largest absolute Gasteiger partial charge is 0.460 e. The molecule has 0 heterocycles. The third-order valence-corrected chi connectivity index (χ3v) is 2.55. The van der Waals surface area contributed by atoms with Gasteiger partial charge in [0.1, 0.15) is 5.60 Å². The van der Waals surface area contributed by atoms with Crippen LogP contribution in [0.4, 0.5) is 0 Å². The van der Waals surface area contributed by atoms with Gasteiger partial charge in [0, 0.05) is 13.0 Å². The number of hydrogen-bond donors (Lipinski definition) is 1. The van der Waals surface area contributed by atoms with Crippen molar-refractivity contribution < 1.29 is 14.3 Å². The Hall–Kier alpha value is -1.84. The SMILES string of the molecule is CC(C)(C)OC(=O)CCC(=O)NCCc1ccccc1. The fourth-order valence-electron chi connectivity index (χ4n) is 1.69. The Bertz CT molecular complexity index is 435. The number of esters is 1. The van der Waals surface area contributed by atoms with Gasteiger partial charge in [0.2, 0.25) is 5.91 Å². The maximum Gasteiger partial charge on any atom is 0.306 e. The first-order valence-electron chi connectivity index (χ1n) is 6.89. The van der Waals surface area contributed by atoms with E-state index in [1.807, 2.05) is 51.1 Å². The van der Waals surface area contributed by atoms with Gasteiger partial charge in [0.15, 0.2) is 0 Å². The van der Waals surface area contributed by atoms with Crippen LogP contribution in [-0.2, 0) is 20.7 Å². The number of nitrogens with one attached hydrogen (secondary N) is 1. The van der Waals surface area contributed by atoms with E-state index in [-0.39, 0.29) is 24.7 Å². The summed E-state index contributed by atoms with van der Waals surface area (Å²) in [7, 11) is 0. The van der Waals surface area contributed by atoms with Gasteiger partial charge in [-0.25, -0.2) is 0 Å². The summed E-state index contributed by atoms with van der Waals surface area (Å²) in [6.07, 6.45) is 1.08. The summed E-state index contributed by atoms with van der Waals surface area (Å²) < 4.78 is 5.14. The molecule has 0 unspecified atom stereocenters. The molecule has 1 N–H and O–H groups in total. The number of hydrogen-bond acceptors (Lipinski definition) is 3. The van der Waals surface area contributed by atoms with E-state index >= 15 is 0 Å². The van der Waals surface area contributed by atoms with Crippen LogP contribution in [-0.4, -0.2) is 24.0 Å². The number of carbonyl (C=O) groups is 2. The van der Waals surface area contributed by atoms with E-state index in [4.69, 9.17) is 4.74 Å². The monoisotopic (exact) mass is 277 g/mol. The average Bonchev–Trinajstić information content (AvgIpc) is 2.36. The van der Waals surface area contributed by atoms with Crippen molar-refractivity contribution in [2.75, 3.05) is 6.54 Å². The Morgan fingerprint density at radius 2 is 1.75 bits per heavy atom. The molecule has 0 spiro atoms. The molecule has 0 aliphatic rings. The molecule has 0 bridgehead atoms. The number of benzene rings is 1. The Kier molecular flexibility index (Phi) is 6.22. The van der Waals surface area contributed by atoms with Crippen molar-refractivity contribution in [3.8, 4) is 0 Å². The fourth-order valence-corrected chi connectivity index (χ4v) is 1.69. The molecule has 1 amide bonds. The molecule has 0 atom stereocenters. The molecule has 0 radical (unpaired) electrons. The summed E-state index contributed by atoms with van der Waals surface area (Å²) in [6.45, 7) is 6.01. The molecule has 0 saturated heterocycles. The number of rotatable bonds is 6. The molecule has 0 saturated carbocycles. The highest BCUT2D eigenvalue weighted by Gasteiger charge is 2.16. The summed E-state index contributed by atoms with van der Waals surface area (Å²) >= 11 is 0. The Morgan fingerprint density at radius 1 is 1.10 bits per heavy atom. The van der Waals surface area contributed by atoms with Crippen molar-refractivity contribution in [1.29, 1.82) is 0 Å². The molecule has 0 aliphatic heterocycles. The highest BCUT2D eigenvalue weighted by molar-refractivity contribution is 5.81. The van der Waals surface area contributed by atoms with Gasteiger partial charge in [0.05, 0.1) is 6.42 Å². The highest BCUT2D eigenvalue weighted by Crippen LogP contribution is 2.09. The number of ether oxygens (including phenoxy) is 1. The van der Waals surface area contributed by atoms with Crippen LogP contribution >= 0.6 is 0 Å². The Balaban J connectivity index is 2.16. The second-order valence-electron chi connectivity index (χ2n) is 5.67. The molecular weight excluding hydrogens is 254 g/mol. The molecule has 4 heteroatoms. The maximum atomic E-state index is 11.6. The predicted octanol–water partition coefficient (Wildman–Crippen LogP) is 2.47. The van der Waals surface area contributed by atoms with Crippen molar-refractivity contribution in [3.05, 3.63) is 35.9 Å². The summed E-state index contributed by atoms with van der Waals surface area (Å²) in [4.78, 5) is 23.0. The van der Waals surface area contributed by atoms with Gasteiger partial charge in [-0.05, 0) is 32.8 Å². The van der Waals surface area contributed by atoms with E-state index in [0.29, 0.717) is 6.54 Å². The predicted molar refractivity (Wildman–Crippen MR) is 78.2 cm³/mol. The number of carbonyl (C=O) groups excluding carboxylic acids is 2. The van der Waals surface area contributed by atoms with E-state index in [0.717, 1.165) is 6.42 Å². The molecule has 1 aromatic carbocycles. The minimum Gasteiger partial charge on any atom is -0.460 e. The van der Waals surface area contributed by atoms with Crippen LogP contribution in [0.3, 0.4) is 0 Å². The summed E-state index contributed by atoms with van der Waals surface area (Å²) in [5.74, 6) is -0.456. The zero-order chi connectivity index (χ0) is 15.0. The van der Waals surface area contributed by atoms with Gasteiger partial charge in [-0.1, -0.05) is 30.3 Å². The van der Waals surface area contributed by atoms with Gasteiger partial charge in [-0.2, -0.15) is 0 Å². The van der Waals surface area contributed by atoms with Crippen molar-refractivity contribution >= 4 is 11.9 Å². The molecular formula is C16H23NO3. The van der Waals surface area contributed by atoms with Crippen molar-refractivity contribution in [2.45, 2.75) is 45.6 Å². The van der Waals surface area contributed by atoms with Crippen LogP contribution in [0.15, 0.2) is 30.3 Å². The van der Waals surface area contributed by atoms with Crippen molar-refractivity contribution in [3.63, 3.8) is 0 Å². The first kappa shape index (κ1) is 16.2. The standard InChI is InChI=1S/C16H23NO3/c1-16(2,3)20-15(19)10-9-14(18)17-12-11-13-7-5-4-6-8-13/h4-8H,9-12H2,1-3H3,(H,17,18). The van der Waals surface area contributed by atoms with E-state index in [1.54, 1.807) is 0 Å². The molecule has 110 valence electrons. The first-order valence-corrected chi connectivity index (χ1v) is 6.89. The van der Waals surface area contributed by atoms with E-state index in [2.05, 4.69) is 5.32 Å². The lowest BCUT2D eigenvalue weighted by Crippen LogP contribution is -2.28. The second kappa shape index (κ2) is 7.68. The topological polar surface area (TPSA) is 55.4 Å². The smallest absolute Gasteiger partial charge is 0.306 e. The Morgan fingerprint density at radius 3 is 2.35 bits per heavy atom. The van der Waals surface area contributed by atoms with E-state index < -0.39 is 5.60 Å². The lowest BCUT2D eigenvalue weighted by Gasteiger charge is -2.19. The first-order chi connectivity index (χ1) is 9.37. The molecule has 1 aromatic rings. The molecule has 0 fully saturated rings. The van der Waals surface area contributed by atoms with Gasteiger partial charge < -0.3 is 10.1 Å². The van der Waals surface area contributed by atoms with Crippen LogP contribution in [0.25, 0.3) is 0 Å². The van der Waals surface area contributed by atoms with Crippen LogP contribution in [0.2, 0.25) is 0 Å². The van der Waals surface area contributed by atoms with Gasteiger partial charge in [-0.3, -0.25) is 9.59 Å². The second-order valence-corrected chi connectivity index (χ2v) is 5.67. The molecule has 4 nitrogen and oxygen atoms in total. The van der Waals surface area contributed by atoms with Crippen LogP contribution in [0.1, 0.15) is 39.2 Å². The van der Waals surface area contributed by atoms with Crippen LogP contribution < -0.4 is 5.32 Å². The minimum atomic E-state index is -0.499. The van der Waals surface area contributed by atoms with Gasteiger partial charge in [0.25, 0.3) is 0 Å². The van der Waals surface area contributed by atoms with Crippen molar-refractivity contribution in [2.24, 2.45) is 0 Å². The van der Waals surface area contributed by atoms with E-state index in [9.17, 15) is 9.59 Å². The molecule has 0 aromatic heterocycles. The van der Waals surface area contributed by atoms with Crippen LogP contribution in [0.5, 0.6) is 0 Å². The van der Waals surface area contributed by atoms with Crippen LogP contribution in [0, 0.1) is 0 Å². The zero-order valence-corrected chi connectivity index (χ0v) is 12.4.